The van der Waals surface area contributed by atoms with Gasteiger partial charge in [-0.25, -0.2) is 0 Å². The Hall–Kier alpha value is -1.91. The molecule has 4 heteroatoms. The normalized spacial score (nSPS) is 13.5. The molecule has 0 aromatic carbocycles. The number of hydrogen-bond donors (Lipinski definition) is 3. The molecule has 0 aliphatic heterocycles. The standard InChI is InChI=1S/C48H87NO3/c1-3-5-7-9-11-13-15-17-19-21-22-23-24-25-26-27-28-29-31-33-35-37-39-41-43-47(51)46(45-50)49-48(52)44-42-40-38-36-34-32-30-20-18-16-14-12-10-8-6-4-2/h14,16,20,27-28,30,33,35,41,43,46-47,50-51H,3-13,15,17-19,21-26,29,31-32,34,36-40,42,44-45H2,1-2H3,(H,49,52)/b16-14-,28-27+,30-20-,35-33+,43-41+. The molecule has 2 atom stereocenters. The molecule has 0 heterocycles. The highest BCUT2D eigenvalue weighted by molar-refractivity contribution is 5.76. The molecule has 0 spiro atoms. The molecule has 0 aliphatic carbocycles. The summed E-state index contributed by atoms with van der Waals surface area (Å²) in [6.07, 6.45) is 60.5. The maximum Gasteiger partial charge on any atom is 0.220 e. The monoisotopic (exact) mass is 726 g/mol. The van der Waals surface area contributed by atoms with Gasteiger partial charge in [-0.15, -0.1) is 0 Å². The van der Waals surface area contributed by atoms with Crippen LogP contribution < -0.4 is 5.32 Å². The first-order chi connectivity index (χ1) is 25.7. The number of aliphatic hydroxyl groups is 2. The zero-order chi connectivity index (χ0) is 37.8. The summed E-state index contributed by atoms with van der Waals surface area (Å²) in [7, 11) is 0. The van der Waals surface area contributed by atoms with E-state index in [4.69, 9.17) is 0 Å². The second-order valence-electron chi connectivity index (χ2n) is 15.1. The van der Waals surface area contributed by atoms with Crippen molar-refractivity contribution in [1.82, 2.24) is 5.32 Å². The van der Waals surface area contributed by atoms with Crippen LogP contribution in [-0.4, -0.2) is 34.9 Å². The first-order valence-corrected chi connectivity index (χ1v) is 22.5. The van der Waals surface area contributed by atoms with Gasteiger partial charge >= 0.3 is 0 Å². The van der Waals surface area contributed by atoms with Gasteiger partial charge in [0.25, 0.3) is 0 Å². The third-order valence-corrected chi connectivity index (χ3v) is 9.95. The lowest BCUT2D eigenvalue weighted by Crippen LogP contribution is -2.45. The number of carbonyl (C=O) groups is 1. The number of carbonyl (C=O) groups excluding carboxylic acids is 1. The Kier molecular flexibility index (Phi) is 41.9. The Bertz CT molecular complexity index is 873. The Morgan fingerprint density at radius 2 is 0.808 bits per heavy atom. The molecular weight excluding hydrogens is 639 g/mol. The van der Waals surface area contributed by atoms with Crippen molar-refractivity contribution in [2.75, 3.05) is 6.61 Å². The minimum atomic E-state index is -0.878. The van der Waals surface area contributed by atoms with E-state index in [0.29, 0.717) is 6.42 Å². The van der Waals surface area contributed by atoms with Crippen LogP contribution >= 0.6 is 0 Å². The molecule has 3 N–H and O–H groups in total. The molecule has 52 heavy (non-hydrogen) atoms. The molecule has 0 fully saturated rings. The van der Waals surface area contributed by atoms with Gasteiger partial charge in [-0.2, -0.15) is 0 Å². The van der Waals surface area contributed by atoms with Gasteiger partial charge < -0.3 is 15.5 Å². The number of rotatable bonds is 40. The Balaban J connectivity index is 3.66. The third-order valence-electron chi connectivity index (χ3n) is 9.95. The molecule has 2 unspecified atom stereocenters. The van der Waals surface area contributed by atoms with Crippen molar-refractivity contribution in [1.29, 1.82) is 0 Å². The topological polar surface area (TPSA) is 69.6 Å². The molecule has 0 aromatic heterocycles. The van der Waals surface area contributed by atoms with Crippen molar-refractivity contribution in [2.45, 2.75) is 231 Å². The van der Waals surface area contributed by atoms with Gasteiger partial charge in [-0.1, -0.05) is 197 Å². The van der Waals surface area contributed by atoms with Crippen molar-refractivity contribution in [3.63, 3.8) is 0 Å². The minimum Gasteiger partial charge on any atom is -0.394 e. The fourth-order valence-corrected chi connectivity index (χ4v) is 6.47. The largest absolute Gasteiger partial charge is 0.394 e. The van der Waals surface area contributed by atoms with Gasteiger partial charge in [0.05, 0.1) is 18.8 Å². The lowest BCUT2D eigenvalue weighted by atomic mass is 10.0. The van der Waals surface area contributed by atoms with Crippen LogP contribution in [0.15, 0.2) is 60.8 Å². The summed E-state index contributed by atoms with van der Waals surface area (Å²) in [6, 6.07) is -0.654. The fraction of sp³-hybridized carbons (Fsp3) is 0.771. The van der Waals surface area contributed by atoms with E-state index in [0.717, 1.165) is 57.8 Å². The number of allylic oxidation sites excluding steroid dienone is 9. The fourth-order valence-electron chi connectivity index (χ4n) is 6.47. The lowest BCUT2D eigenvalue weighted by molar-refractivity contribution is -0.123. The maximum atomic E-state index is 12.4. The average Bonchev–Trinajstić information content (AvgIpc) is 3.15. The van der Waals surface area contributed by atoms with Crippen molar-refractivity contribution in [3.05, 3.63) is 60.8 Å². The summed E-state index contributed by atoms with van der Waals surface area (Å²) >= 11 is 0. The van der Waals surface area contributed by atoms with Crippen LogP contribution in [0.25, 0.3) is 0 Å². The predicted molar refractivity (Wildman–Crippen MR) is 230 cm³/mol. The van der Waals surface area contributed by atoms with Crippen molar-refractivity contribution >= 4 is 5.91 Å². The van der Waals surface area contributed by atoms with Crippen molar-refractivity contribution in [3.8, 4) is 0 Å². The lowest BCUT2D eigenvalue weighted by Gasteiger charge is -2.19. The molecule has 1 amide bonds. The molecule has 0 aromatic rings. The number of hydrogen-bond acceptors (Lipinski definition) is 3. The van der Waals surface area contributed by atoms with E-state index in [2.05, 4.69) is 67.8 Å². The quantitative estimate of drug-likeness (QED) is 0.0435. The summed E-state index contributed by atoms with van der Waals surface area (Å²) in [5.74, 6) is -0.0931. The number of unbranched alkanes of at least 4 members (excludes halogenated alkanes) is 25. The van der Waals surface area contributed by atoms with Crippen LogP contribution in [0.1, 0.15) is 219 Å². The minimum absolute atomic E-state index is 0.0931. The van der Waals surface area contributed by atoms with Gasteiger partial charge in [0.2, 0.25) is 5.91 Å². The van der Waals surface area contributed by atoms with E-state index in [1.54, 1.807) is 6.08 Å². The highest BCUT2D eigenvalue weighted by atomic mass is 16.3. The van der Waals surface area contributed by atoms with E-state index in [1.807, 2.05) is 6.08 Å². The second-order valence-corrected chi connectivity index (χ2v) is 15.1. The Labute approximate surface area is 324 Å². The van der Waals surface area contributed by atoms with Crippen LogP contribution in [-0.2, 0) is 4.79 Å². The number of aliphatic hydroxyl groups excluding tert-OH is 2. The van der Waals surface area contributed by atoms with Gasteiger partial charge in [0, 0.05) is 6.42 Å². The summed E-state index contributed by atoms with van der Waals surface area (Å²) in [4.78, 5) is 12.4. The van der Waals surface area contributed by atoms with Gasteiger partial charge in [0.15, 0.2) is 0 Å². The Morgan fingerprint density at radius 1 is 0.462 bits per heavy atom. The number of amides is 1. The van der Waals surface area contributed by atoms with Gasteiger partial charge in [-0.3, -0.25) is 4.79 Å². The van der Waals surface area contributed by atoms with Crippen LogP contribution in [0.3, 0.4) is 0 Å². The first kappa shape index (κ1) is 50.1. The van der Waals surface area contributed by atoms with E-state index in [-0.39, 0.29) is 12.5 Å². The van der Waals surface area contributed by atoms with Crippen molar-refractivity contribution in [2.24, 2.45) is 0 Å². The predicted octanol–water partition coefficient (Wildman–Crippen LogP) is 14.1. The molecule has 0 rings (SSSR count). The third kappa shape index (κ3) is 39.3. The van der Waals surface area contributed by atoms with E-state index >= 15 is 0 Å². The molecule has 302 valence electrons. The molecular formula is C48H87NO3. The zero-order valence-corrected chi connectivity index (χ0v) is 34.6. The molecule has 0 radical (unpaired) electrons. The average molecular weight is 726 g/mol. The smallest absolute Gasteiger partial charge is 0.220 e. The van der Waals surface area contributed by atoms with Crippen LogP contribution in [0.4, 0.5) is 0 Å². The molecule has 0 saturated carbocycles. The second kappa shape index (κ2) is 43.5. The van der Waals surface area contributed by atoms with E-state index in [1.165, 1.54) is 141 Å². The van der Waals surface area contributed by atoms with Crippen molar-refractivity contribution < 1.29 is 15.0 Å². The van der Waals surface area contributed by atoms with E-state index < -0.39 is 12.1 Å². The highest BCUT2D eigenvalue weighted by Crippen LogP contribution is 2.14. The molecule has 4 nitrogen and oxygen atoms in total. The van der Waals surface area contributed by atoms with Gasteiger partial charge in [-0.05, 0) is 77.0 Å². The molecule has 0 saturated heterocycles. The van der Waals surface area contributed by atoms with Gasteiger partial charge in [0.1, 0.15) is 0 Å². The van der Waals surface area contributed by atoms with Crippen LogP contribution in [0.5, 0.6) is 0 Å². The highest BCUT2D eigenvalue weighted by Gasteiger charge is 2.17. The number of nitrogens with one attached hydrogen (secondary N) is 1. The molecule has 0 aliphatic rings. The molecule has 0 bridgehead atoms. The summed E-state index contributed by atoms with van der Waals surface area (Å²) in [5.41, 5.74) is 0. The zero-order valence-electron chi connectivity index (χ0n) is 34.6. The summed E-state index contributed by atoms with van der Waals surface area (Å²) < 4.78 is 0. The maximum absolute atomic E-state index is 12.4. The summed E-state index contributed by atoms with van der Waals surface area (Å²) in [6.45, 7) is 4.27. The first-order valence-electron chi connectivity index (χ1n) is 22.5. The summed E-state index contributed by atoms with van der Waals surface area (Å²) in [5, 5.41) is 23.0. The SMILES string of the molecule is CCCCCC/C=C\C/C=C\CCCCCCCC(=O)NC(CO)C(O)/C=C/CC/C=C/CC/C=C/CCCCCCCCCCCCCCCC. The van der Waals surface area contributed by atoms with Crippen LogP contribution in [0.2, 0.25) is 0 Å². The van der Waals surface area contributed by atoms with Crippen LogP contribution in [0, 0.1) is 0 Å². The van der Waals surface area contributed by atoms with E-state index in [9.17, 15) is 15.0 Å². The Morgan fingerprint density at radius 3 is 1.25 bits per heavy atom.